The lowest BCUT2D eigenvalue weighted by Gasteiger charge is -2.11. The zero-order valence-electron chi connectivity index (χ0n) is 10.7. The second kappa shape index (κ2) is 5.69. The Hall–Kier alpha value is -2.10. The molecule has 2 aromatic rings. The molecule has 0 N–H and O–H groups in total. The summed E-state index contributed by atoms with van der Waals surface area (Å²) in [5, 5.41) is 0. The maximum absolute atomic E-state index is 13.0. The Morgan fingerprint density at radius 1 is 0.947 bits per heavy atom. The summed E-state index contributed by atoms with van der Waals surface area (Å²) in [5.41, 5.74) is 1.61. The SMILES string of the molecule is COc1cc(C)ccc1OCc1ccc(F)c(F)c1. The zero-order chi connectivity index (χ0) is 13.8. The largest absolute Gasteiger partial charge is 0.493 e. The van der Waals surface area contributed by atoms with E-state index >= 15 is 0 Å². The number of rotatable bonds is 4. The van der Waals surface area contributed by atoms with Crippen molar-refractivity contribution in [3.63, 3.8) is 0 Å². The smallest absolute Gasteiger partial charge is 0.161 e. The third-order valence-corrected chi connectivity index (χ3v) is 2.70. The predicted octanol–water partition coefficient (Wildman–Crippen LogP) is 3.86. The van der Waals surface area contributed by atoms with Gasteiger partial charge in [-0.15, -0.1) is 0 Å². The van der Waals surface area contributed by atoms with Crippen molar-refractivity contribution in [2.24, 2.45) is 0 Å². The van der Waals surface area contributed by atoms with Gasteiger partial charge in [0.1, 0.15) is 6.61 Å². The normalized spacial score (nSPS) is 10.3. The van der Waals surface area contributed by atoms with E-state index in [2.05, 4.69) is 0 Å². The molecule has 2 rings (SSSR count). The van der Waals surface area contributed by atoms with E-state index in [-0.39, 0.29) is 6.61 Å². The minimum atomic E-state index is -0.878. The van der Waals surface area contributed by atoms with Gasteiger partial charge in [-0.1, -0.05) is 12.1 Å². The maximum atomic E-state index is 13.0. The standard InChI is InChI=1S/C15H14F2O2/c1-10-3-6-14(15(7-10)18-2)19-9-11-4-5-12(16)13(17)8-11/h3-8H,9H2,1-2H3. The Kier molecular flexibility index (Phi) is 4.00. The number of methoxy groups -OCH3 is 1. The van der Waals surface area contributed by atoms with Crippen LogP contribution in [0.2, 0.25) is 0 Å². The molecule has 0 unspecified atom stereocenters. The number of benzene rings is 2. The van der Waals surface area contributed by atoms with Crippen LogP contribution in [0.3, 0.4) is 0 Å². The quantitative estimate of drug-likeness (QED) is 0.834. The van der Waals surface area contributed by atoms with Gasteiger partial charge >= 0.3 is 0 Å². The summed E-state index contributed by atoms with van der Waals surface area (Å²) in [5.74, 6) is -0.561. The molecule has 0 bridgehead atoms. The summed E-state index contributed by atoms with van der Waals surface area (Å²) in [6, 6.07) is 9.22. The number of hydrogen-bond donors (Lipinski definition) is 0. The average molecular weight is 264 g/mol. The van der Waals surface area contributed by atoms with Crippen molar-refractivity contribution in [1.29, 1.82) is 0 Å². The van der Waals surface area contributed by atoms with Crippen LogP contribution in [0.1, 0.15) is 11.1 Å². The van der Waals surface area contributed by atoms with Crippen LogP contribution in [0, 0.1) is 18.6 Å². The summed E-state index contributed by atoms with van der Waals surface area (Å²) in [7, 11) is 1.55. The van der Waals surface area contributed by atoms with Gasteiger partial charge in [-0.3, -0.25) is 0 Å². The molecule has 19 heavy (non-hydrogen) atoms. The van der Waals surface area contributed by atoms with Crippen molar-refractivity contribution in [2.45, 2.75) is 13.5 Å². The van der Waals surface area contributed by atoms with Crippen LogP contribution in [-0.2, 0) is 6.61 Å². The van der Waals surface area contributed by atoms with E-state index in [1.807, 2.05) is 19.1 Å². The minimum Gasteiger partial charge on any atom is -0.493 e. The van der Waals surface area contributed by atoms with E-state index in [9.17, 15) is 8.78 Å². The molecule has 0 fully saturated rings. The van der Waals surface area contributed by atoms with E-state index in [1.54, 1.807) is 13.2 Å². The molecular formula is C15H14F2O2. The van der Waals surface area contributed by atoms with Crippen LogP contribution >= 0.6 is 0 Å². The van der Waals surface area contributed by atoms with Crippen LogP contribution in [0.15, 0.2) is 36.4 Å². The van der Waals surface area contributed by atoms with Crippen molar-refractivity contribution >= 4 is 0 Å². The summed E-state index contributed by atoms with van der Waals surface area (Å²) < 4.78 is 36.6. The first-order valence-electron chi connectivity index (χ1n) is 5.81. The summed E-state index contributed by atoms with van der Waals surface area (Å²) in [6.07, 6.45) is 0. The van der Waals surface area contributed by atoms with Crippen LogP contribution in [0.4, 0.5) is 8.78 Å². The number of ether oxygens (including phenoxy) is 2. The van der Waals surface area contributed by atoms with Gasteiger partial charge in [0.2, 0.25) is 0 Å². The fourth-order valence-corrected chi connectivity index (χ4v) is 1.68. The number of aryl methyl sites for hydroxylation is 1. The molecule has 0 spiro atoms. The number of hydrogen-bond acceptors (Lipinski definition) is 2. The van der Waals surface area contributed by atoms with E-state index < -0.39 is 11.6 Å². The lowest BCUT2D eigenvalue weighted by molar-refractivity contribution is 0.283. The van der Waals surface area contributed by atoms with E-state index in [1.165, 1.54) is 6.07 Å². The van der Waals surface area contributed by atoms with Crippen LogP contribution in [0.25, 0.3) is 0 Å². The molecule has 4 heteroatoms. The third kappa shape index (κ3) is 3.22. The van der Waals surface area contributed by atoms with Gasteiger partial charge in [-0.2, -0.15) is 0 Å². The highest BCUT2D eigenvalue weighted by Gasteiger charge is 2.06. The molecule has 0 atom stereocenters. The van der Waals surface area contributed by atoms with E-state index in [0.29, 0.717) is 17.1 Å². The Balaban J connectivity index is 2.12. The zero-order valence-corrected chi connectivity index (χ0v) is 10.7. The van der Waals surface area contributed by atoms with Crippen molar-refractivity contribution in [1.82, 2.24) is 0 Å². The van der Waals surface area contributed by atoms with Crippen LogP contribution in [-0.4, -0.2) is 7.11 Å². The molecule has 2 nitrogen and oxygen atoms in total. The predicted molar refractivity (Wildman–Crippen MR) is 68.4 cm³/mol. The minimum absolute atomic E-state index is 0.149. The maximum Gasteiger partial charge on any atom is 0.161 e. The molecule has 0 saturated heterocycles. The molecule has 0 aromatic heterocycles. The summed E-state index contributed by atoms with van der Waals surface area (Å²) >= 11 is 0. The average Bonchev–Trinajstić information content (AvgIpc) is 2.41. The van der Waals surface area contributed by atoms with E-state index in [4.69, 9.17) is 9.47 Å². The monoisotopic (exact) mass is 264 g/mol. The summed E-state index contributed by atoms with van der Waals surface area (Å²) in [4.78, 5) is 0. The van der Waals surface area contributed by atoms with Crippen molar-refractivity contribution in [2.75, 3.05) is 7.11 Å². The topological polar surface area (TPSA) is 18.5 Å². The van der Waals surface area contributed by atoms with Gasteiger partial charge in [0.15, 0.2) is 23.1 Å². The molecule has 0 saturated carbocycles. The molecule has 2 aromatic carbocycles. The Bertz CT molecular complexity index is 582. The third-order valence-electron chi connectivity index (χ3n) is 2.70. The van der Waals surface area contributed by atoms with Gasteiger partial charge in [0, 0.05) is 0 Å². The second-order valence-corrected chi connectivity index (χ2v) is 4.19. The second-order valence-electron chi connectivity index (χ2n) is 4.19. The highest BCUT2D eigenvalue weighted by molar-refractivity contribution is 5.42. The lowest BCUT2D eigenvalue weighted by atomic mass is 10.2. The molecule has 0 radical (unpaired) electrons. The summed E-state index contributed by atoms with van der Waals surface area (Å²) in [6.45, 7) is 2.10. The Morgan fingerprint density at radius 2 is 1.74 bits per heavy atom. The first-order chi connectivity index (χ1) is 9.10. The Labute approximate surface area is 110 Å². The van der Waals surface area contributed by atoms with Gasteiger partial charge in [0.05, 0.1) is 7.11 Å². The molecule has 100 valence electrons. The lowest BCUT2D eigenvalue weighted by Crippen LogP contribution is -1.99. The Morgan fingerprint density at radius 3 is 2.42 bits per heavy atom. The molecule has 0 amide bonds. The molecule has 0 aliphatic heterocycles. The molecule has 0 aliphatic carbocycles. The highest BCUT2D eigenvalue weighted by atomic mass is 19.2. The van der Waals surface area contributed by atoms with Gasteiger partial charge in [-0.25, -0.2) is 8.78 Å². The van der Waals surface area contributed by atoms with Crippen molar-refractivity contribution < 1.29 is 18.3 Å². The van der Waals surface area contributed by atoms with Crippen LogP contribution < -0.4 is 9.47 Å². The number of halogens is 2. The molecular weight excluding hydrogens is 250 g/mol. The highest BCUT2D eigenvalue weighted by Crippen LogP contribution is 2.28. The van der Waals surface area contributed by atoms with Gasteiger partial charge in [-0.05, 0) is 42.3 Å². The van der Waals surface area contributed by atoms with Crippen molar-refractivity contribution in [3.05, 3.63) is 59.2 Å². The van der Waals surface area contributed by atoms with Gasteiger partial charge in [0.25, 0.3) is 0 Å². The fraction of sp³-hybridized carbons (Fsp3) is 0.200. The molecule has 0 heterocycles. The first kappa shape index (κ1) is 13.3. The fourth-order valence-electron chi connectivity index (χ4n) is 1.68. The van der Waals surface area contributed by atoms with Gasteiger partial charge < -0.3 is 9.47 Å². The van der Waals surface area contributed by atoms with Crippen molar-refractivity contribution in [3.8, 4) is 11.5 Å². The molecule has 0 aliphatic rings. The van der Waals surface area contributed by atoms with Crippen LogP contribution in [0.5, 0.6) is 11.5 Å². The first-order valence-corrected chi connectivity index (χ1v) is 5.81. The van der Waals surface area contributed by atoms with E-state index in [0.717, 1.165) is 17.7 Å².